The van der Waals surface area contributed by atoms with Crippen molar-refractivity contribution in [2.75, 3.05) is 0 Å². The molecule has 14 heavy (non-hydrogen) atoms. The van der Waals surface area contributed by atoms with E-state index in [0.717, 1.165) is 5.56 Å². The van der Waals surface area contributed by atoms with Crippen molar-refractivity contribution in [3.05, 3.63) is 34.9 Å². The standard InChI is InChI=1S/C12H8O2/c1-2-3-8-4-5-9-10(6-8)12(14)7-11(9)13/h4-6H,7H2,1H3. The van der Waals surface area contributed by atoms with Crippen LogP contribution in [0.5, 0.6) is 0 Å². The number of fused-ring (bicyclic) bond motifs is 1. The molecule has 0 amide bonds. The van der Waals surface area contributed by atoms with Crippen molar-refractivity contribution in [3.63, 3.8) is 0 Å². The Labute approximate surface area is 81.9 Å². The molecule has 0 N–H and O–H groups in total. The fraction of sp³-hybridized carbons (Fsp3) is 0.167. The van der Waals surface area contributed by atoms with Gasteiger partial charge in [0.05, 0.1) is 6.42 Å². The van der Waals surface area contributed by atoms with E-state index in [0.29, 0.717) is 11.1 Å². The first-order chi connectivity index (χ1) is 6.72. The molecule has 0 aromatic heterocycles. The molecule has 0 spiro atoms. The predicted octanol–water partition coefficient (Wildman–Crippen LogP) is 1.83. The third-order valence-electron chi connectivity index (χ3n) is 2.21. The molecule has 2 nitrogen and oxygen atoms in total. The topological polar surface area (TPSA) is 34.1 Å². The lowest BCUT2D eigenvalue weighted by molar-refractivity contribution is 0.0923. The molecule has 0 bridgehead atoms. The van der Waals surface area contributed by atoms with Gasteiger partial charge in [-0.3, -0.25) is 9.59 Å². The summed E-state index contributed by atoms with van der Waals surface area (Å²) in [5.41, 5.74) is 1.85. The number of rotatable bonds is 0. The number of benzene rings is 1. The summed E-state index contributed by atoms with van der Waals surface area (Å²) in [6, 6.07) is 5.15. The highest BCUT2D eigenvalue weighted by atomic mass is 16.2. The van der Waals surface area contributed by atoms with Crippen LogP contribution < -0.4 is 0 Å². The molecule has 0 unspecified atom stereocenters. The average Bonchev–Trinajstić information content (AvgIpc) is 2.43. The smallest absolute Gasteiger partial charge is 0.171 e. The quantitative estimate of drug-likeness (QED) is 0.455. The number of hydrogen-bond donors (Lipinski definition) is 0. The lowest BCUT2D eigenvalue weighted by atomic mass is 10.1. The number of carbonyl (C=O) groups is 2. The van der Waals surface area contributed by atoms with Gasteiger partial charge in [0, 0.05) is 16.7 Å². The summed E-state index contributed by atoms with van der Waals surface area (Å²) in [4.78, 5) is 22.7. The maximum Gasteiger partial charge on any atom is 0.171 e. The second kappa shape index (κ2) is 3.12. The van der Waals surface area contributed by atoms with Gasteiger partial charge in [0.1, 0.15) is 0 Å². The summed E-state index contributed by atoms with van der Waals surface area (Å²) in [6.07, 6.45) is 0.0122. The predicted molar refractivity (Wildman–Crippen MR) is 52.3 cm³/mol. The van der Waals surface area contributed by atoms with Crippen molar-refractivity contribution in [3.8, 4) is 11.8 Å². The second-order valence-electron chi connectivity index (χ2n) is 3.16. The van der Waals surface area contributed by atoms with E-state index in [2.05, 4.69) is 11.8 Å². The van der Waals surface area contributed by atoms with Gasteiger partial charge < -0.3 is 0 Å². The minimum Gasteiger partial charge on any atom is -0.294 e. The molecule has 0 aliphatic heterocycles. The summed E-state index contributed by atoms with van der Waals surface area (Å²) < 4.78 is 0. The third kappa shape index (κ3) is 1.23. The summed E-state index contributed by atoms with van der Waals surface area (Å²) >= 11 is 0. The van der Waals surface area contributed by atoms with Crippen LogP contribution in [-0.2, 0) is 0 Å². The lowest BCUT2D eigenvalue weighted by Crippen LogP contribution is -1.91. The van der Waals surface area contributed by atoms with Crippen molar-refractivity contribution in [2.45, 2.75) is 13.3 Å². The van der Waals surface area contributed by atoms with E-state index < -0.39 is 0 Å². The molecule has 1 aliphatic rings. The van der Waals surface area contributed by atoms with E-state index >= 15 is 0 Å². The molecule has 1 aliphatic carbocycles. The number of carbonyl (C=O) groups excluding carboxylic acids is 2. The summed E-state index contributed by atoms with van der Waals surface area (Å²) in [7, 11) is 0. The lowest BCUT2D eigenvalue weighted by Gasteiger charge is -1.96. The Kier molecular flexibility index (Phi) is 1.94. The molecule has 2 rings (SSSR count). The van der Waals surface area contributed by atoms with Crippen LogP contribution >= 0.6 is 0 Å². The Morgan fingerprint density at radius 3 is 2.57 bits per heavy atom. The molecule has 2 heteroatoms. The highest BCUT2D eigenvalue weighted by Gasteiger charge is 2.26. The van der Waals surface area contributed by atoms with E-state index in [1.165, 1.54) is 0 Å². The van der Waals surface area contributed by atoms with Gasteiger partial charge in [0.2, 0.25) is 0 Å². The largest absolute Gasteiger partial charge is 0.294 e. The van der Waals surface area contributed by atoms with Crippen LogP contribution in [0.1, 0.15) is 39.6 Å². The van der Waals surface area contributed by atoms with E-state index in [-0.39, 0.29) is 18.0 Å². The van der Waals surface area contributed by atoms with Gasteiger partial charge >= 0.3 is 0 Å². The Hall–Kier alpha value is -1.88. The molecule has 0 saturated heterocycles. The zero-order valence-electron chi connectivity index (χ0n) is 7.76. The van der Waals surface area contributed by atoms with Crippen LogP contribution in [0.3, 0.4) is 0 Å². The highest BCUT2D eigenvalue weighted by molar-refractivity contribution is 6.24. The number of hydrogen-bond acceptors (Lipinski definition) is 2. The summed E-state index contributed by atoms with van der Waals surface area (Å²) in [6.45, 7) is 1.74. The zero-order chi connectivity index (χ0) is 10.1. The molecular formula is C12H8O2. The van der Waals surface area contributed by atoms with Crippen molar-refractivity contribution >= 4 is 11.6 Å². The van der Waals surface area contributed by atoms with Crippen LogP contribution in [0.2, 0.25) is 0 Å². The third-order valence-corrected chi connectivity index (χ3v) is 2.21. The van der Waals surface area contributed by atoms with Gasteiger partial charge in [0.15, 0.2) is 11.6 Å². The summed E-state index contributed by atoms with van der Waals surface area (Å²) in [5.74, 6) is 5.44. The first-order valence-corrected chi connectivity index (χ1v) is 4.35. The van der Waals surface area contributed by atoms with E-state index in [1.807, 2.05) is 0 Å². The molecule has 0 radical (unpaired) electrons. The normalized spacial score (nSPS) is 13.5. The fourth-order valence-corrected chi connectivity index (χ4v) is 1.58. The highest BCUT2D eigenvalue weighted by Crippen LogP contribution is 2.22. The Balaban J connectivity index is 2.59. The van der Waals surface area contributed by atoms with Crippen molar-refractivity contribution in [2.24, 2.45) is 0 Å². The molecule has 1 aromatic rings. The van der Waals surface area contributed by atoms with Gasteiger partial charge in [-0.2, -0.15) is 0 Å². The fourth-order valence-electron chi connectivity index (χ4n) is 1.58. The van der Waals surface area contributed by atoms with Gasteiger partial charge in [-0.05, 0) is 25.1 Å². The number of Topliss-reactive ketones (excluding diaryl/α,β-unsaturated/α-hetero) is 2. The van der Waals surface area contributed by atoms with Crippen LogP contribution in [-0.4, -0.2) is 11.6 Å². The maximum atomic E-state index is 11.4. The van der Waals surface area contributed by atoms with Crippen molar-refractivity contribution in [1.29, 1.82) is 0 Å². The van der Waals surface area contributed by atoms with E-state index in [4.69, 9.17) is 0 Å². The Bertz CT molecular complexity index is 487. The van der Waals surface area contributed by atoms with Crippen LogP contribution in [0.15, 0.2) is 18.2 Å². The molecule has 0 saturated carbocycles. The second-order valence-corrected chi connectivity index (χ2v) is 3.16. The zero-order valence-corrected chi connectivity index (χ0v) is 7.76. The molecule has 0 atom stereocenters. The molecule has 0 fully saturated rings. The SMILES string of the molecule is CC#Cc1ccc2c(c1)C(=O)CC2=O. The maximum absolute atomic E-state index is 11.4. The molecule has 1 aromatic carbocycles. The Morgan fingerprint density at radius 2 is 1.86 bits per heavy atom. The van der Waals surface area contributed by atoms with E-state index in [1.54, 1.807) is 25.1 Å². The van der Waals surface area contributed by atoms with Crippen LogP contribution in [0.4, 0.5) is 0 Å². The molecular weight excluding hydrogens is 176 g/mol. The Morgan fingerprint density at radius 1 is 1.14 bits per heavy atom. The van der Waals surface area contributed by atoms with E-state index in [9.17, 15) is 9.59 Å². The first kappa shape index (κ1) is 8.71. The van der Waals surface area contributed by atoms with Gasteiger partial charge in [-0.1, -0.05) is 5.92 Å². The minimum atomic E-state index is -0.0928. The monoisotopic (exact) mass is 184 g/mol. The average molecular weight is 184 g/mol. The number of ketones is 2. The van der Waals surface area contributed by atoms with Gasteiger partial charge in [0.25, 0.3) is 0 Å². The van der Waals surface area contributed by atoms with Gasteiger partial charge in [-0.25, -0.2) is 0 Å². The summed E-state index contributed by atoms with van der Waals surface area (Å²) in [5, 5.41) is 0. The van der Waals surface area contributed by atoms with Crippen molar-refractivity contribution < 1.29 is 9.59 Å². The molecule has 0 heterocycles. The van der Waals surface area contributed by atoms with Gasteiger partial charge in [-0.15, -0.1) is 5.92 Å². The van der Waals surface area contributed by atoms with Crippen LogP contribution in [0.25, 0.3) is 0 Å². The van der Waals surface area contributed by atoms with Crippen LogP contribution in [0, 0.1) is 11.8 Å². The minimum absolute atomic E-state index is 0.0122. The molecule has 68 valence electrons. The first-order valence-electron chi connectivity index (χ1n) is 4.35. The van der Waals surface area contributed by atoms with Crippen molar-refractivity contribution in [1.82, 2.24) is 0 Å².